The first-order valence-electron chi connectivity index (χ1n) is 9.52. The van der Waals surface area contributed by atoms with Gasteiger partial charge in [-0.15, -0.1) is 0 Å². The van der Waals surface area contributed by atoms with Crippen LogP contribution < -0.4 is 0 Å². The molecule has 2 heterocycles. The average molecular weight is 338 g/mol. The largest absolute Gasteiger partial charge is 0.358 e. The quantitative estimate of drug-likeness (QED) is 0.760. The molecule has 0 saturated heterocycles. The predicted octanol–water partition coefficient (Wildman–Crippen LogP) is 5.20. The van der Waals surface area contributed by atoms with Crippen molar-refractivity contribution in [2.24, 2.45) is 5.92 Å². The Morgan fingerprint density at radius 1 is 1.28 bits per heavy atom. The Kier molecular flexibility index (Phi) is 5.14. The molecular weight excluding hydrogens is 308 g/mol. The molecule has 0 amide bonds. The summed E-state index contributed by atoms with van der Waals surface area (Å²) in [5, 5.41) is 1.19. The third-order valence-electron chi connectivity index (χ3n) is 5.62. The van der Waals surface area contributed by atoms with E-state index in [1.807, 2.05) is 13.0 Å². The van der Waals surface area contributed by atoms with Gasteiger partial charge in [0.05, 0.1) is 0 Å². The van der Waals surface area contributed by atoms with Crippen molar-refractivity contribution < 1.29 is 4.79 Å². The van der Waals surface area contributed by atoms with E-state index in [2.05, 4.69) is 55.8 Å². The number of nitrogens with one attached hydrogen (secondary N) is 1. The Morgan fingerprint density at radius 3 is 2.64 bits per heavy atom. The molecule has 1 N–H and O–H groups in total. The van der Waals surface area contributed by atoms with Gasteiger partial charge in [-0.1, -0.05) is 19.9 Å². The minimum atomic E-state index is 0.0782. The molecule has 1 unspecified atom stereocenters. The summed E-state index contributed by atoms with van der Waals surface area (Å²) in [6.45, 7) is 12.8. The molecule has 1 aliphatic rings. The number of Topliss-reactive ketones (excluding diaryl/α,β-unsaturated/α-hetero) is 1. The number of ketones is 1. The van der Waals surface area contributed by atoms with Gasteiger partial charge in [0, 0.05) is 52.8 Å². The molecule has 1 aromatic carbocycles. The lowest BCUT2D eigenvalue weighted by Gasteiger charge is -2.29. The van der Waals surface area contributed by atoms with Crippen molar-refractivity contribution in [1.29, 1.82) is 0 Å². The fourth-order valence-electron chi connectivity index (χ4n) is 3.74. The Bertz CT molecular complexity index is 813. The van der Waals surface area contributed by atoms with Crippen LogP contribution in [0.3, 0.4) is 0 Å². The number of carbonyl (C=O) groups is 1. The second kappa shape index (κ2) is 7.17. The first-order valence-corrected chi connectivity index (χ1v) is 9.52. The van der Waals surface area contributed by atoms with Crippen molar-refractivity contribution in [3.63, 3.8) is 0 Å². The molecule has 2 aromatic rings. The number of benzene rings is 1. The number of hydrogen-bond acceptors (Lipinski definition) is 2. The fourth-order valence-corrected chi connectivity index (χ4v) is 3.74. The maximum absolute atomic E-state index is 12.6. The highest BCUT2D eigenvalue weighted by molar-refractivity contribution is 6.03. The number of aromatic nitrogens is 1. The molecule has 0 fully saturated rings. The van der Waals surface area contributed by atoms with Gasteiger partial charge in [0.2, 0.25) is 0 Å². The van der Waals surface area contributed by atoms with Crippen LogP contribution in [0.2, 0.25) is 0 Å². The molecule has 3 nitrogen and oxygen atoms in total. The molecule has 0 bridgehead atoms. The van der Waals surface area contributed by atoms with Gasteiger partial charge >= 0.3 is 0 Å². The van der Waals surface area contributed by atoms with Crippen LogP contribution in [-0.2, 0) is 0 Å². The summed E-state index contributed by atoms with van der Waals surface area (Å²) in [5.41, 5.74) is 5.88. The molecule has 1 aliphatic heterocycles. The second-order valence-corrected chi connectivity index (χ2v) is 7.63. The molecule has 3 rings (SSSR count). The summed E-state index contributed by atoms with van der Waals surface area (Å²) in [6, 6.07) is 6.71. The van der Waals surface area contributed by atoms with Crippen molar-refractivity contribution >= 4 is 22.3 Å². The lowest BCUT2D eigenvalue weighted by molar-refractivity contribution is 0.0927. The Labute approximate surface area is 151 Å². The zero-order valence-corrected chi connectivity index (χ0v) is 16.1. The second-order valence-electron chi connectivity index (χ2n) is 7.63. The van der Waals surface area contributed by atoms with Gasteiger partial charge in [-0.05, 0) is 57.4 Å². The first kappa shape index (κ1) is 17.9. The normalized spacial score (nSPS) is 17.1. The van der Waals surface area contributed by atoms with Crippen LogP contribution in [0.25, 0.3) is 16.5 Å². The van der Waals surface area contributed by atoms with Crippen molar-refractivity contribution in [2.45, 2.75) is 53.5 Å². The molecule has 0 radical (unpaired) electrons. The van der Waals surface area contributed by atoms with Crippen molar-refractivity contribution in [3.05, 3.63) is 41.1 Å². The van der Waals surface area contributed by atoms with E-state index in [9.17, 15) is 4.79 Å². The van der Waals surface area contributed by atoms with E-state index in [1.165, 1.54) is 22.2 Å². The van der Waals surface area contributed by atoms with Crippen LogP contribution in [0.5, 0.6) is 0 Å². The molecule has 134 valence electrons. The molecule has 25 heavy (non-hydrogen) atoms. The summed E-state index contributed by atoms with van der Waals surface area (Å²) < 4.78 is 0. The number of hydrogen-bond donors (Lipinski definition) is 1. The molecule has 0 spiro atoms. The maximum atomic E-state index is 12.6. The SMILES string of the molecule is CCC(C)C(=O)c1ccc2[nH]c(C)c(C3=CCN(C(C)C)CC3)c2c1. The zero-order chi connectivity index (χ0) is 18.1. The molecule has 1 aromatic heterocycles. The summed E-state index contributed by atoms with van der Waals surface area (Å²) >= 11 is 0. The minimum Gasteiger partial charge on any atom is -0.358 e. The summed E-state index contributed by atoms with van der Waals surface area (Å²) in [5.74, 6) is 0.326. The van der Waals surface area contributed by atoms with Gasteiger partial charge in [0.25, 0.3) is 0 Å². The molecule has 3 heteroatoms. The van der Waals surface area contributed by atoms with Crippen LogP contribution in [0.4, 0.5) is 0 Å². The Morgan fingerprint density at radius 2 is 2.04 bits per heavy atom. The van der Waals surface area contributed by atoms with Gasteiger partial charge in [-0.25, -0.2) is 0 Å². The molecule has 0 aliphatic carbocycles. The molecule has 1 atom stereocenters. The number of nitrogens with zero attached hydrogens (tertiary/aromatic N) is 1. The number of fused-ring (bicyclic) bond motifs is 1. The van der Waals surface area contributed by atoms with E-state index in [4.69, 9.17) is 0 Å². The highest BCUT2D eigenvalue weighted by atomic mass is 16.1. The van der Waals surface area contributed by atoms with Crippen LogP contribution in [-0.4, -0.2) is 34.8 Å². The zero-order valence-electron chi connectivity index (χ0n) is 16.1. The standard InChI is InChI=1S/C22H30N2O/c1-6-15(4)22(25)18-7-8-20-19(13-18)21(16(5)23-20)17-9-11-24(12-10-17)14(2)3/h7-9,13-15,23H,6,10-12H2,1-5H3. The number of rotatable bonds is 5. The highest BCUT2D eigenvalue weighted by Crippen LogP contribution is 2.33. The molecular formula is C22H30N2O. The van der Waals surface area contributed by atoms with Crippen LogP contribution in [0.15, 0.2) is 24.3 Å². The van der Waals surface area contributed by atoms with Crippen molar-refractivity contribution in [2.75, 3.05) is 13.1 Å². The van der Waals surface area contributed by atoms with Gasteiger partial charge < -0.3 is 4.98 Å². The average Bonchev–Trinajstić information content (AvgIpc) is 2.95. The topological polar surface area (TPSA) is 36.1 Å². The summed E-state index contributed by atoms with van der Waals surface area (Å²) in [7, 11) is 0. The smallest absolute Gasteiger partial charge is 0.165 e. The first-order chi connectivity index (χ1) is 11.9. The van der Waals surface area contributed by atoms with Gasteiger partial charge in [0.15, 0.2) is 5.78 Å². The Balaban J connectivity index is 2.01. The van der Waals surface area contributed by atoms with E-state index in [0.717, 1.165) is 37.0 Å². The van der Waals surface area contributed by atoms with E-state index >= 15 is 0 Å². The van der Waals surface area contributed by atoms with E-state index in [-0.39, 0.29) is 11.7 Å². The summed E-state index contributed by atoms with van der Waals surface area (Å²) in [4.78, 5) is 18.6. The molecule has 0 saturated carbocycles. The third kappa shape index (κ3) is 3.43. The third-order valence-corrected chi connectivity index (χ3v) is 5.62. The predicted molar refractivity (Wildman–Crippen MR) is 106 cm³/mol. The van der Waals surface area contributed by atoms with Crippen molar-refractivity contribution in [1.82, 2.24) is 9.88 Å². The lowest BCUT2D eigenvalue weighted by atomic mass is 9.93. The van der Waals surface area contributed by atoms with E-state index < -0.39 is 0 Å². The fraction of sp³-hybridized carbons (Fsp3) is 0.500. The van der Waals surface area contributed by atoms with Crippen LogP contribution in [0, 0.1) is 12.8 Å². The van der Waals surface area contributed by atoms with E-state index in [0.29, 0.717) is 6.04 Å². The van der Waals surface area contributed by atoms with Crippen LogP contribution >= 0.6 is 0 Å². The highest BCUT2D eigenvalue weighted by Gasteiger charge is 2.20. The van der Waals surface area contributed by atoms with Crippen LogP contribution in [0.1, 0.15) is 62.2 Å². The van der Waals surface area contributed by atoms with E-state index in [1.54, 1.807) is 0 Å². The monoisotopic (exact) mass is 338 g/mol. The van der Waals surface area contributed by atoms with Gasteiger partial charge in [0.1, 0.15) is 0 Å². The maximum Gasteiger partial charge on any atom is 0.165 e. The summed E-state index contributed by atoms with van der Waals surface area (Å²) in [6.07, 6.45) is 4.31. The van der Waals surface area contributed by atoms with Gasteiger partial charge in [-0.3, -0.25) is 9.69 Å². The number of aryl methyl sites for hydroxylation is 1. The number of carbonyl (C=O) groups excluding carboxylic acids is 1. The van der Waals surface area contributed by atoms with Gasteiger partial charge in [-0.2, -0.15) is 0 Å². The van der Waals surface area contributed by atoms with Crippen molar-refractivity contribution in [3.8, 4) is 0 Å². The Hall–Kier alpha value is -1.87. The lowest BCUT2D eigenvalue weighted by Crippen LogP contribution is -2.34. The number of aromatic amines is 1. The number of H-pyrrole nitrogens is 1. The minimum absolute atomic E-state index is 0.0782.